The summed E-state index contributed by atoms with van der Waals surface area (Å²) >= 11 is 6.14. The number of nitrogens with zero attached hydrogens (tertiary/aromatic N) is 3. The third-order valence-corrected chi connectivity index (χ3v) is 4.02. The Hall–Kier alpha value is -3.45. The number of benzene rings is 2. The van der Waals surface area contributed by atoms with Gasteiger partial charge in [0.2, 0.25) is 0 Å². The molecule has 0 fully saturated rings. The summed E-state index contributed by atoms with van der Waals surface area (Å²) in [6, 6.07) is 15.7. The molecule has 0 aliphatic heterocycles. The lowest BCUT2D eigenvalue weighted by Gasteiger charge is -2.07. The van der Waals surface area contributed by atoms with E-state index in [4.69, 9.17) is 11.6 Å². The van der Waals surface area contributed by atoms with E-state index >= 15 is 0 Å². The van der Waals surface area contributed by atoms with E-state index in [0.29, 0.717) is 11.3 Å². The second-order valence-electron chi connectivity index (χ2n) is 5.41. The Morgan fingerprint density at radius 3 is 2.56 bits per heavy atom. The highest BCUT2D eigenvalue weighted by Crippen LogP contribution is 2.16. The van der Waals surface area contributed by atoms with Crippen LogP contribution < -0.4 is 11.0 Å². The fourth-order valence-electron chi connectivity index (χ4n) is 2.26. The molecule has 1 N–H and O–H groups in total. The largest absolute Gasteiger partial charge is 0.465 e. The molecule has 3 aromatic rings. The summed E-state index contributed by atoms with van der Waals surface area (Å²) in [6.45, 7) is 0. The van der Waals surface area contributed by atoms with Gasteiger partial charge >= 0.3 is 5.97 Å². The van der Waals surface area contributed by atoms with Gasteiger partial charge in [-0.25, -0.2) is 4.79 Å². The number of aromatic nitrogens is 2. The maximum absolute atomic E-state index is 12.4. The van der Waals surface area contributed by atoms with Gasteiger partial charge < -0.3 is 4.74 Å². The maximum atomic E-state index is 12.4. The van der Waals surface area contributed by atoms with Crippen molar-refractivity contribution in [2.24, 2.45) is 5.10 Å². The minimum Gasteiger partial charge on any atom is -0.465 e. The summed E-state index contributed by atoms with van der Waals surface area (Å²) in [6.07, 6.45) is 2.95. The first-order valence-corrected chi connectivity index (χ1v) is 8.28. The minimum atomic E-state index is -0.453. The Labute approximate surface area is 159 Å². The number of anilines is 1. The fourth-order valence-corrected chi connectivity index (χ4v) is 2.43. The van der Waals surface area contributed by atoms with Gasteiger partial charge in [-0.2, -0.15) is 14.9 Å². The molecule has 0 bridgehead atoms. The van der Waals surface area contributed by atoms with Crippen LogP contribution in [0.25, 0.3) is 5.69 Å². The maximum Gasteiger partial charge on any atom is 0.337 e. The van der Waals surface area contributed by atoms with Crippen LogP contribution in [-0.2, 0) is 4.74 Å². The predicted octanol–water partition coefficient (Wildman–Crippen LogP) is 3.12. The summed E-state index contributed by atoms with van der Waals surface area (Å²) < 4.78 is 5.85. The van der Waals surface area contributed by atoms with Crippen molar-refractivity contribution in [2.45, 2.75) is 0 Å². The van der Waals surface area contributed by atoms with Crippen LogP contribution in [0.5, 0.6) is 0 Å². The van der Waals surface area contributed by atoms with Crippen molar-refractivity contribution in [3.63, 3.8) is 0 Å². The molecule has 0 aliphatic carbocycles. The van der Waals surface area contributed by atoms with Gasteiger partial charge in [-0.15, -0.1) is 0 Å². The van der Waals surface area contributed by atoms with Crippen molar-refractivity contribution in [3.05, 3.63) is 87.3 Å². The van der Waals surface area contributed by atoms with Gasteiger partial charge in [0.15, 0.2) is 0 Å². The van der Waals surface area contributed by atoms with Crippen LogP contribution in [0.2, 0.25) is 5.02 Å². The highest BCUT2D eigenvalue weighted by Gasteiger charge is 2.10. The van der Waals surface area contributed by atoms with Crippen molar-refractivity contribution in [1.29, 1.82) is 0 Å². The Bertz CT molecular complexity index is 1030. The van der Waals surface area contributed by atoms with Crippen LogP contribution in [-0.4, -0.2) is 29.1 Å². The van der Waals surface area contributed by atoms with Gasteiger partial charge in [-0.3, -0.25) is 10.2 Å². The molecule has 0 amide bonds. The zero-order chi connectivity index (χ0) is 19.2. The smallest absolute Gasteiger partial charge is 0.337 e. The molecule has 0 atom stereocenters. The number of rotatable bonds is 5. The number of nitrogens with one attached hydrogen (secondary N) is 1. The van der Waals surface area contributed by atoms with E-state index in [1.54, 1.807) is 48.5 Å². The third-order valence-electron chi connectivity index (χ3n) is 3.65. The monoisotopic (exact) mass is 382 g/mol. The first-order chi connectivity index (χ1) is 13.1. The van der Waals surface area contributed by atoms with Crippen LogP contribution in [0.3, 0.4) is 0 Å². The van der Waals surface area contributed by atoms with Crippen molar-refractivity contribution >= 4 is 29.5 Å². The quantitative estimate of drug-likeness (QED) is 0.416. The normalized spacial score (nSPS) is 10.7. The van der Waals surface area contributed by atoms with E-state index in [9.17, 15) is 9.59 Å². The van der Waals surface area contributed by atoms with E-state index in [-0.39, 0.29) is 10.7 Å². The number of methoxy groups -OCH3 is 1. The van der Waals surface area contributed by atoms with Crippen LogP contribution in [0.1, 0.15) is 15.9 Å². The topological polar surface area (TPSA) is 85.6 Å². The third kappa shape index (κ3) is 4.21. The average molecular weight is 383 g/mol. The SMILES string of the molecule is COC(=O)c1ccc(/C=N/Nc2cnn(-c3ccccc3)c(=O)c2Cl)cc1. The molecule has 27 heavy (non-hydrogen) atoms. The van der Waals surface area contributed by atoms with Gasteiger partial charge in [0.05, 0.1) is 30.8 Å². The van der Waals surface area contributed by atoms with Gasteiger partial charge in [0.1, 0.15) is 10.7 Å². The Kier molecular flexibility index (Phi) is 5.63. The summed E-state index contributed by atoms with van der Waals surface area (Å²) in [5, 5.41) is 8.13. The summed E-state index contributed by atoms with van der Waals surface area (Å²) in [5.41, 5.74) is 4.34. The Morgan fingerprint density at radius 1 is 1.19 bits per heavy atom. The predicted molar refractivity (Wildman–Crippen MR) is 104 cm³/mol. The number of halogens is 1. The van der Waals surface area contributed by atoms with Gasteiger partial charge in [-0.1, -0.05) is 41.9 Å². The molecule has 2 aromatic carbocycles. The molecule has 0 radical (unpaired) electrons. The number of ether oxygens (including phenoxy) is 1. The summed E-state index contributed by atoms with van der Waals surface area (Å²) in [7, 11) is 1.32. The summed E-state index contributed by atoms with van der Waals surface area (Å²) in [4.78, 5) is 23.8. The highest BCUT2D eigenvalue weighted by atomic mass is 35.5. The van der Waals surface area contributed by atoms with Gasteiger partial charge in [0, 0.05) is 0 Å². The Morgan fingerprint density at radius 2 is 1.89 bits per heavy atom. The van der Waals surface area contributed by atoms with Crippen LogP contribution in [0, 0.1) is 0 Å². The van der Waals surface area contributed by atoms with E-state index in [1.165, 1.54) is 24.2 Å². The van der Waals surface area contributed by atoms with E-state index in [1.807, 2.05) is 6.07 Å². The van der Waals surface area contributed by atoms with Crippen LogP contribution in [0.4, 0.5) is 5.69 Å². The second-order valence-corrected chi connectivity index (χ2v) is 5.79. The molecule has 136 valence electrons. The molecule has 1 heterocycles. The number of carbonyl (C=O) groups excluding carboxylic acids is 1. The first-order valence-electron chi connectivity index (χ1n) is 7.91. The van der Waals surface area contributed by atoms with E-state index in [0.717, 1.165) is 5.56 Å². The van der Waals surface area contributed by atoms with Gasteiger partial charge in [-0.05, 0) is 29.8 Å². The molecule has 0 aliphatic rings. The minimum absolute atomic E-state index is 0.0213. The molecular formula is C19H15ClN4O3. The van der Waals surface area contributed by atoms with Gasteiger partial charge in [0.25, 0.3) is 5.56 Å². The standard InChI is InChI=1S/C19H15ClN4O3/c1-27-19(26)14-9-7-13(8-10-14)11-21-23-16-12-22-24(18(25)17(16)20)15-5-3-2-4-6-15/h2-12,23H,1H3/b21-11+. The lowest BCUT2D eigenvalue weighted by atomic mass is 10.1. The highest BCUT2D eigenvalue weighted by molar-refractivity contribution is 6.32. The number of para-hydroxylation sites is 1. The molecule has 0 spiro atoms. The van der Waals surface area contributed by atoms with Crippen molar-refractivity contribution in [2.75, 3.05) is 12.5 Å². The van der Waals surface area contributed by atoms with Crippen LogP contribution >= 0.6 is 11.6 Å². The summed E-state index contributed by atoms with van der Waals surface area (Å²) in [5.74, 6) is -0.409. The lowest BCUT2D eigenvalue weighted by Crippen LogP contribution is -2.22. The van der Waals surface area contributed by atoms with E-state index in [2.05, 4.69) is 20.4 Å². The van der Waals surface area contributed by atoms with Crippen LogP contribution in [0.15, 0.2) is 70.7 Å². The lowest BCUT2D eigenvalue weighted by molar-refractivity contribution is 0.0600. The fraction of sp³-hybridized carbons (Fsp3) is 0.0526. The van der Waals surface area contributed by atoms with E-state index < -0.39 is 11.5 Å². The number of esters is 1. The molecule has 0 saturated heterocycles. The molecule has 7 nitrogen and oxygen atoms in total. The zero-order valence-electron chi connectivity index (χ0n) is 14.3. The number of hydrazone groups is 1. The molecular weight excluding hydrogens is 368 g/mol. The van der Waals surface area contributed by atoms with Crippen molar-refractivity contribution in [1.82, 2.24) is 9.78 Å². The number of hydrogen-bond donors (Lipinski definition) is 1. The number of hydrogen-bond acceptors (Lipinski definition) is 6. The zero-order valence-corrected chi connectivity index (χ0v) is 15.1. The molecule has 3 rings (SSSR count). The molecule has 0 unspecified atom stereocenters. The van der Waals surface area contributed by atoms with Crippen molar-refractivity contribution < 1.29 is 9.53 Å². The molecule has 0 saturated carbocycles. The number of carbonyl (C=O) groups is 1. The molecule has 8 heteroatoms. The molecule has 1 aromatic heterocycles. The Balaban J connectivity index is 1.75. The second kappa shape index (κ2) is 8.29. The first kappa shape index (κ1) is 18.3. The average Bonchev–Trinajstić information content (AvgIpc) is 2.72. The van der Waals surface area contributed by atoms with Crippen molar-refractivity contribution in [3.8, 4) is 5.69 Å².